The molecule has 0 saturated carbocycles. The van der Waals surface area contributed by atoms with Crippen LogP contribution in [0.25, 0.3) is 0 Å². The highest BCUT2D eigenvalue weighted by atomic mass is 16.6. The standard InChI is InChI=1S/2C21H45N.CH2O3/c2*1-4-6-8-10-12-14-16-18-20-22(3)21-19-17-15-13-11-9-7-5-2;2-1(3)4/h2*4-21H2,1-3H3;(H2,2,3,4). The summed E-state index contributed by atoms with van der Waals surface area (Å²) >= 11 is 0. The molecule has 2 N–H and O–H groups in total. The van der Waals surface area contributed by atoms with E-state index in [-0.39, 0.29) is 0 Å². The van der Waals surface area contributed by atoms with Crippen LogP contribution in [-0.4, -0.2) is 66.4 Å². The first-order valence-corrected chi connectivity index (χ1v) is 21.6. The van der Waals surface area contributed by atoms with E-state index in [1.807, 2.05) is 0 Å². The molecule has 0 atom stereocenters. The lowest BCUT2D eigenvalue weighted by atomic mass is 10.1. The number of carboxylic acid groups (broad SMARTS) is 2. The largest absolute Gasteiger partial charge is 0.503 e. The van der Waals surface area contributed by atoms with E-state index in [1.54, 1.807) is 0 Å². The van der Waals surface area contributed by atoms with E-state index in [1.165, 1.54) is 232 Å². The zero-order valence-corrected chi connectivity index (χ0v) is 34.2. The predicted octanol–water partition coefficient (Wildman–Crippen LogP) is 14.6. The van der Waals surface area contributed by atoms with Crippen molar-refractivity contribution in [3.63, 3.8) is 0 Å². The minimum atomic E-state index is -1.83. The lowest BCUT2D eigenvalue weighted by Gasteiger charge is -2.16. The van der Waals surface area contributed by atoms with E-state index < -0.39 is 6.16 Å². The number of rotatable bonds is 36. The van der Waals surface area contributed by atoms with E-state index in [0.717, 1.165) is 0 Å². The molecule has 0 rings (SSSR count). The van der Waals surface area contributed by atoms with E-state index in [4.69, 9.17) is 15.0 Å². The Morgan fingerprint density at radius 3 is 0.583 bits per heavy atom. The van der Waals surface area contributed by atoms with Crippen LogP contribution in [0.3, 0.4) is 0 Å². The number of hydrogen-bond acceptors (Lipinski definition) is 3. The Labute approximate surface area is 303 Å². The van der Waals surface area contributed by atoms with Gasteiger partial charge in [-0.1, -0.05) is 207 Å². The van der Waals surface area contributed by atoms with Gasteiger partial charge in [-0.15, -0.1) is 0 Å². The molecule has 5 heteroatoms. The summed E-state index contributed by atoms with van der Waals surface area (Å²) in [7, 11) is 4.62. The summed E-state index contributed by atoms with van der Waals surface area (Å²) in [6.45, 7) is 14.4. The second kappa shape index (κ2) is 48.3. The van der Waals surface area contributed by atoms with Crippen LogP contribution in [0.4, 0.5) is 4.79 Å². The summed E-state index contributed by atoms with van der Waals surface area (Å²) in [6.07, 6.45) is 44.0. The van der Waals surface area contributed by atoms with Crippen LogP contribution < -0.4 is 0 Å². The topological polar surface area (TPSA) is 64.0 Å². The number of unbranched alkanes of at least 4 members (excludes halogenated alkanes) is 28. The minimum Gasteiger partial charge on any atom is -0.450 e. The van der Waals surface area contributed by atoms with Crippen molar-refractivity contribution in [3.8, 4) is 0 Å². The van der Waals surface area contributed by atoms with Crippen molar-refractivity contribution >= 4 is 6.16 Å². The number of hydrogen-bond donors (Lipinski definition) is 2. The molecule has 0 aromatic rings. The fraction of sp³-hybridized carbons (Fsp3) is 0.977. The van der Waals surface area contributed by atoms with Crippen LogP contribution in [-0.2, 0) is 0 Å². The second-order valence-electron chi connectivity index (χ2n) is 14.8. The van der Waals surface area contributed by atoms with Gasteiger partial charge < -0.3 is 20.0 Å². The Bertz CT molecular complexity index is 474. The molecular weight excluding hydrogens is 592 g/mol. The quantitative estimate of drug-likeness (QED) is 0.0643. The summed E-state index contributed by atoms with van der Waals surface area (Å²) in [5.41, 5.74) is 0. The van der Waals surface area contributed by atoms with Crippen LogP contribution in [0.2, 0.25) is 0 Å². The molecule has 0 unspecified atom stereocenters. The molecule has 0 radical (unpaired) electrons. The fourth-order valence-corrected chi connectivity index (χ4v) is 6.29. The van der Waals surface area contributed by atoms with Gasteiger partial charge in [0.1, 0.15) is 0 Å². The maximum Gasteiger partial charge on any atom is 0.503 e. The van der Waals surface area contributed by atoms with Crippen molar-refractivity contribution < 1.29 is 15.0 Å². The van der Waals surface area contributed by atoms with Gasteiger partial charge in [-0.25, -0.2) is 4.79 Å². The van der Waals surface area contributed by atoms with Gasteiger partial charge >= 0.3 is 6.16 Å². The SMILES string of the molecule is CCCCCCCCCCN(C)CCCCCCCCCC.CCCCCCCCCCN(C)CCCCCCCCCC.O=C(O)O. The molecule has 0 aliphatic heterocycles. The van der Waals surface area contributed by atoms with Crippen LogP contribution in [0.5, 0.6) is 0 Å². The maximum absolute atomic E-state index is 8.56. The van der Waals surface area contributed by atoms with Gasteiger partial charge in [0.2, 0.25) is 0 Å². The lowest BCUT2D eigenvalue weighted by Crippen LogP contribution is -2.20. The van der Waals surface area contributed by atoms with Crippen LogP contribution in [0, 0.1) is 0 Å². The molecular formula is C43H92N2O3. The van der Waals surface area contributed by atoms with Crippen molar-refractivity contribution in [1.82, 2.24) is 9.80 Å². The molecule has 0 amide bonds. The van der Waals surface area contributed by atoms with Crippen molar-refractivity contribution in [3.05, 3.63) is 0 Å². The fourth-order valence-electron chi connectivity index (χ4n) is 6.29. The highest BCUT2D eigenvalue weighted by Gasteiger charge is 2.00. The van der Waals surface area contributed by atoms with Gasteiger partial charge in [0.15, 0.2) is 0 Å². The van der Waals surface area contributed by atoms with Crippen molar-refractivity contribution in [1.29, 1.82) is 0 Å². The highest BCUT2D eigenvalue weighted by molar-refractivity contribution is 5.53. The molecule has 0 spiro atoms. The average molecular weight is 685 g/mol. The predicted molar refractivity (Wildman–Crippen MR) is 216 cm³/mol. The van der Waals surface area contributed by atoms with Gasteiger partial charge in [-0.05, 0) is 66.0 Å². The minimum absolute atomic E-state index is 1.31. The van der Waals surface area contributed by atoms with E-state index in [0.29, 0.717) is 0 Å². The highest BCUT2D eigenvalue weighted by Crippen LogP contribution is 2.12. The summed E-state index contributed by atoms with van der Waals surface area (Å²) in [5, 5.41) is 13.9. The summed E-state index contributed by atoms with van der Waals surface area (Å²) in [4.78, 5) is 13.7. The molecule has 0 heterocycles. The zero-order valence-electron chi connectivity index (χ0n) is 34.2. The van der Waals surface area contributed by atoms with Gasteiger partial charge in [0.05, 0.1) is 0 Å². The van der Waals surface area contributed by atoms with Gasteiger partial charge in [-0.2, -0.15) is 0 Å². The Balaban J connectivity index is -0.000000758. The Hall–Kier alpha value is -0.810. The third-order valence-electron chi connectivity index (χ3n) is 9.57. The third kappa shape index (κ3) is 57.5. The van der Waals surface area contributed by atoms with E-state index >= 15 is 0 Å². The van der Waals surface area contributed by atoms with Crippen LogP contribution >= 0.6 is 0 Å². The molecule has 0 aromatic carbocycles. The lowest BCUT2D eigenvalue weighted by molar-refractivity contribution is 0.137. The van der Waals surface area contributed by atoms with E-state index in [2.05, 4.69) is 51.6 Å². The zero-order chi connectivity index (χ0) is 36.2. The second-order valence-corrected chi connectivity index (χ2v) is 14.8. The van der Waals surface area contributed by atoms with Crippen LogP contribution in [0.1, 0.15) is 233 Å². The Kier molecular flexibility index (Phi) is 51.9. The molecule has 0 saturated heterocycles. The summed E-state index contributed by atoms with van der Waals surface area (Å²) < 4.78 is 0. The van der Waals surface area contributed by atoms with Crippen molar-refractivity contribution in [2.45, 2.75) is 233 Å². The van der Waals surface area contributed by atoms with Crippen LogP contribution in [0.15, 0.2) is 0 Å². The van der Waals surface area contributed by atoms with Gasteiger partial charge in [0.25, 0.3) is 0 Å². The molecule has 292 valence electrons. The third-order valence-corrected chi connectivity index (χ3v) is 9.57. The first-order chi connectivity index (χ1) is 23.3. The normalized spacial score (nSPS) is 11.0. The molecule has 0 fully saturated rings. The van der Waals surface area contributed by atoms with E-state index in [9.17, 15) is 0 Å². The molecule has 0 aliphatic rings. The Morgan fingerprint density at radius 1 is 0.312 bits per heavy atom. The first kappa shape index (κ1) is 51.6. The molecule has 0 aromatic heterocycles. The maximum atomic E-state index is 8.56. The molecule has 48 heavy (non-hydrogen) atoms. The number of nitrogens with zero attached hydrogens (tertiary/aromatic N) is 2. The summed E-state index contributed by atoms with van der Waals surface area (Å²) in [6, 6.07) is 0. The Morgan fingerprint density at radius 2 is 0.438 bits per heavy atom. The molecule has 5 nitrogen and oxygen atoms in total. The molecule has 0 aliphatic carbocycles. The van der Waals surface area contributed by atoms with Crippen molar-refractivity contribution in [2.75, 3.05) is 40.3 Å². The van der Waals surface area contributed by atoms with Gasteiger partial charge in [0, 0.05) is 0 Å². The average Bonchev–Trinajstić information content (AvgIpc) is 3.06. The monoisotopic (exact) mass is 685 g/mol. The number of carbonyl (C=O) groups is 1. The van der Waals surface area contributed by atoms with Gasteiger partial charge in [-0.3, -0.25) is 0 Å². The smallest absolute Gasteiger partial charge is 0.450 e. The summed E-state index contributed by atoms with van der Waals surface area (Å²) in [5.74, 6) is 0. The first-order valence-electron chi connectivity index (χ1n) is 21.6. The molecule has 0 bridgehead atoms. The van der Waals surface area contributed by atoms with Crippen molar-refractivity contribution in [2.24, 2.45) is 0 Å².